The van der Waals surface area contributed by atoms with E-state index in [0.717, 1.165) is 12.1 Å². The lowest BCUT2D eigenvalue weighted by molar-refractivity contribution is 0.588. The monoisotopic (exact) mass is 177 g/mol. The summed E-state index contributed by atoms with van der Waals surface area (Å²) in [5, 5.41) is 0. The van der Waals surface area contributed by atoms with Crippen LogP contribution >= 0.6 is 0 Å². The van der Waals surface area contributed by atoms with Crippen LogP contribution in [-0.2, 0) is 0 Å². The molecule has 0 saturated carbocycles. The highest BCUT2D eigenvalue weighted by Gasteiger charge is 2.11. The van der Waals surface area contributed by atoms with Gasteiger partial charge in [0.15, 0.2) is 0 Å². The molecule has 1 aliphatic heterocycles. The molecule has 1 nitrogen and oxygen atoms in total. The molecule has 0 aromatic carbocycles. The minimum absolute atomic E-state index is 0.582. The van der Waals surface area contributed by atoms with Crippen molar-refractivity contribution >= 4 is 6.21 Å². The lowest BCUT2D eigenvalue weighted by atomic mass is 9.93. The van der Waals surface area contributed by atoms with Crippen LogP contribution in [0.1, 0.15) is 34.1 Å². The van der Waals surface area contributed by atoms with E-state index in [4.69, 9.17) is 0 Å². The van der Waals surface area contributed by atoms with Gasteiger partial charge in [-0.05, 0) is 31.3 Å². The molecule has 72 valence electrons. The third-order valence-electron chi connectivity index (χ3n) is 2.67. The fourth-order valence-electron chi connectivity index (χ4n) is 1.24. The summed E-state index contributed by atoms with van der Waals surface area (Å²) >= 11 is 0. The lowest BCUT2D eigenvalue weighted by Crippen LogP contribution is -2.10. The molecule has 0 aromatic heterocycles. The Morgan fingerprint density at radius 1 is 1.46 bits per heavy atom. The highest BCUT2D eigenvalue weighted by Crippen LogP contribution is 2.20. The maximum absolute atomic E-state index is 4.41. The molecule has 0 saturated heterocycles. The van der Waals surface area contributed by atoms with E-state index in [1.54, 1.807) is 0 Å². The van der Waals surface area contributed by atoms with Crippen LogP contribution in [0.15, 0.2) is 28.4 Å². The summed E-state index contributed by atoms with van der Waals surface area (Å²) in [4.78, 5) is 4.41. The lowest BCUT2D eigenvalue weighted by Gasteiger charge is -2.16. The van der Waals surface area contributed by atoms with Gasteiger partial charge in [-0.25, -0.2) is 0 Å². The van der Waals surface area contributed by atoms with E-state index in [0.29, 0.717) is 11.8 Å². The van der Waals surface area contributed by atoms with E-state index in [9.17, 15) is 0 Å². The molecule has 0 aliphatic carbocycles. The van der Waals surface area contributed by atoms with Crippen molar-refractivity contribution in [2.75, 3.05) is 0 Å². The Kier molecular flexibility index (Phi) is 3.47. The predicted octanol–water partition coefficient (Wildman–Crippen LogP) is 3.58. The van der Waals surface area contributed by atoms with Gasteiger partial charge >= 0.3 is 0 Å². The molecule has 1 heterocycles. The van der Waals surface area contributed by atoms with Gasteiger partial charge in [-0.2, -0.15) is 0 Å². The second-order valence-corrected chi connectivity index (χ2v) is 3.93. The molecule has 13 heavy (non-hydrogen) atoms. The largest absolute Gasteiger partial charge is 0.261 e. The van der Waals surface area contributed by atoms with E-state index in [-0.39, 0.29) is 0 Å². The first-order valence-electron chi connectivity index (χ1n) is 5.06. The molecule has 1 rings (SSSR count). The fraction of sp³-hybridized carbons (Fsp3) is 0.583. The number of allylic oxidation sites excluding steroid dienone is 3. The van der Waals surface area contributed by atoms with E-state index in [1.807, 2.05) is 0 Å². The Bertz CT molecular complexity index is 258. The number of nitrogens with zero attached hydrogens (tertiary/aromatic N) is 1. The highest BCUT2D eigenvalue weighted by atomic mass is 14.7. The minimum Gasteiger partial charge on any atom is -0.261 e. The number of aliphatic imine (C=N–C) groups is 1. The van der Waals surface area contributed by atoms with E-state index < -0.39 is 0 Å². The molecule has 2 atom stereocenters. The van der Waals surface area contributed by atoms with Gasteiger partial charge < -0.3 is 0 Å². The molecule has 0 N–H and O–H groups in total. The predicted molar refractivity (Wildman–Crippen MR) is 59.0 cm³/mol. The van der Waals surface area contributed by atoms with E-state index in [2.05, 4.69) is 51.1 Å². The zero-order valence-corrected chi connectivity index (χ0v) is 9.04. The van der Waals surface area contributed by atoms with Gasteiger partial charge in [0.1, 0.15) is 0 Å². The molecule has 0 spiro atoms. The Morgan fingerprint density at radius 2 is 2.15 bits per heavy atom. The summed E-state index contributed by atoms with van der Waals surface area (Å²) in [7, 11) is 0. The van der Waals surface area contributed by atoms with Gasteiger partial charge in [0.25, 0.3) is 0 Å². The van der Waals surface area contributed by atoms with Crippen LogP contribution in [-0.4, -0.2) is 6.21 Å². The molecule has 2 unspecified atom stereocenters. The molecular weight excluding hydrogens is 158 g/mol. The van der Waals surface area contributed by atoms with E-state index >= 15 is 0 Å². The Morgan fingerprint density at radius 3 is 2.69 bits per heavy atom. The summed E-state index contributed by atoms with van der Waals surface area (Å²) in [5.74, 6) is 1.20. The minimum atomic E-state index is 0.582. The van der Waals surface area contributed by atoms with Gasteiger partial charge in [0.2, 0.25) is 0 Å². The summed E-state index contributed by atoms with van der Waals surface area (Å²) in [6.45, 7) is 8.77. The standard InChI is InChI=1S/C12H19N/c1-5-9(2)6-12-7-10(3)11(4)8-13-12/h6-8,10-11H,5H2,1-4H3/b9-6+. The molecular formula is C12H19N. The van der Waals surface area contributed by atoms with Crippen molar-refractivity contribution in [1.29, 1.82) is 0 Å². The van der Waals surface area contributed by atoms with Crippen LogP contribution in [0, 0.1) is 11.8 Å². The maximum Gasteiger partial charge on any atom is 0.0588 e. The van der Waals surface area contributed by atoms with Crippen molar-refractivity contribution < 1.29 is 0 Å². The van der Waals surface area contributed by atoms with Crippen molar-refractivity contribution in [3.05, 3.63) is 23.4 Å². The Labute approximate surface area is 81.3 Å². The summed E-state index contributed by atoms with van der Waals surface area (Å²) < 4.78 is 0. The Hall–Kier alpha value is -0.850. The molecule has 1 aliphatic rings. The van der Waals surface area contributed by atoms with E-state index in [1.165, 1.54) is 5.57 Å². The first-order valence-corrected chi connectivity index (χ1v) is 5.06. The smallest absolute Gasteiger partial charge is 0.0588 e. The van der Waals surface area contributed by atoms with Crippen molar-refractivity contribution in [2.45, 2.75) is 34.1 Å². The zero-order valence-electron chi connectivity index (χ0n) is 9.04. The average molecular weight is 177 g/mol. The van der Waals surface area contributed by atoms with Crippen LogP contribution in [0.3, 0.4) is 0 Å². The zero-order chi connectivity index (χ0) is 9.84. The normalized spacial score (nSPS) is 28.9. The summed E-state index contributed by atoms with van der Waals surface area (Å²) in [6.07, 6.45) is 7.60. The molecule has 1 heteroatoms. The average Bonchev–Trinajstić information content (AvgIpc) is 2.11. The molecule has 0 amide bonds. The van der Waals surface area contributed by atoms with Gasteiger partial charge in [-0.15, -0.1) is 0 Å². The quantitative estimate of drug-likeness (QED) is 0.611. The molecule has 0 bridgehead atoms. The highest BCUT2D eigenvalue weighted by molar-refractivity contribution is 5.65. The maximum atomic E-state index is 4.41. The molecule has 0 radical (unpaired) electrons. The van der Waals surface area contributed by atoms with Crippen LogP contribution in [0.4, 0.5) is 0 Å². The summed E-state index contributed by atoms with van der Waals surface area (Å²) in [5.41, 5.74) is 2.52. The van der Waals surface area contributed by atoms with Crippen molar-refractivity contribution in [2.24, 2.45) is 16.8 Å². The van der Waals surface area contributed by atoms with Crippen LogP contribution in [0.5, 0.6) is 0 Å². The summed E-state index contributed by atoms with van der Waals surface area (Å²) in [6, 6.07) is 0. The first kappa shape index (κ1) is 10.2. The topological polar surface area (TPSA) is 12.4 Å². The van der Waals surface area contributed by atoms with Crippen LogP contribution in [0.25, 0.3) is 0 Å². The number of rotatable bonds is 2. The van der Waals surface area contributed by atoms with Gasteiger partial charge in [0, 0.05) is 6.21 Å². The third kappa shape index (κ3) is 2.83. The second kappa shape index (κ2) is 4.40. The van der Waals surface area contributed by atoms with Crippen molar-refractivity contribution in [3.8, 4) is 0 Å². The molecule has 0 fully saturated rings. The first-order chi connectivity index (χ1) is 6.13. The van der Waals surface area contributed by atoms with Crippen LogP contribution in [0.2, 0.25) is 0 Å². The fourth-order valence-corrected chi connectivity index (χ4v) is 1.24. The SMILES string of the molecule is CC/C(C)=C/C1=CC(C)C(C)C=N1. The third-order valence-corrected chi connectivity index (χ3v) is 2.67. The van der Waals surface area contributed by atoms with Crippen LogP contribution < -0.4 is 0 Å². The Balaban J connectivity index is 2.74. The van der Waals surface area contributed by atoms with Gasteiger partial charge in [0.05, 0.1) is 5.70 Å². The number of hydrogen-bond acceptors (Lipinski definition) is 1. The van der Waals surface area contributed by atoms with Crippen molar-refractivity contribution in [1.82, 2.24) is 0 Å². The van der Waals surface area contributed by atoms with Gasteiger partial charge in [-0.1, -0.05) is 32.4 Å². The second-order valence-electron chi connectivity index (χ2n) is 3.93. The molecule has 0 aromatic rings. The number of hydrogen-bond donors (Lipinski definition) is 0. The van der Waals surface area contributed by atoms with Gasteiger partial charge in [-0.3, -0.25) is 4.99 Å². The van der Waals surface area contributed by atoms with Crippen molar-refractivity contribution in [3.63, 3.8) is 0 Å².